The molecule has 0 amide bonds. The average Bonchev–Trinajstić information content (AvgIpc) is 2.44. The minimum atomic E-state index is -0.315. The fourth-order valence-corrected chi connectivity index (χ4v) is 2.65. The maximum absolute atomic E-state index is 12.7. The highest BCUT2D eigenvalue weighted by atomic mass is 16.3. The van der Waals surface area contributed by atoms with Gasteiger partial charge in [0.2, 0.25) is 0 Å². The van der Waals surface area contributed by atoms with Gasteiger partial charge in [0.25, 0.3) is 0 Å². The molecule has 1 aliphatic rings. The average molecular weight is 281 g/mol. The lowest BCUT2D eigenvalue weighted by Gasteiger charge is -2.22. The SMILES string of the molecule is CC(C)Nc1cccc2c1C(=O)c1cccc(O)c1C2=O. The molecule has 2 aromatic rings. The lowest BCUT2D eigenvalue weighted by Crippen LogP contribution is -2.23. The third kappa shape index (κ3) is 2.00. The van der Waals surface area contributed by atoms with E-state index >= 15 is 0 Å². The van der Waals surface area contributed by atoms with Crippen molar-refractivity contribution in [2.75, 3.05) is 5.32 Å². The highest BCUT2D eigenvalue weighted by molar-refractivity contribution is 6.31. The molecule has 3 rings (SSSR count). The van der Waals surface area contributed by atoms with Gasteiger partial charge in [0.1, 0.15) is 5.75 Å². The van der Waals surface area contributed by atoms with E-state index in [0.717, 1.165) is 0 Å². The molecule has 106 valence electrons. The van der Waals surface area contributed by atoms with Gasteiger partial charge in [-0.15, -0.1) is 0 Å². The number of phenolic OH excluding ortho intramolecular Hbond substituents is 1. The number of carbonyl (C=O) groups excluding carboxylic acids is 2. The fraction of sp³-hybridized carbons (Fsp3) is 0.176. The first-order valence-corrected chi connectivity index (χ1v) is 6.81. The van der Waals surface area contributed by atoms with E-state index in [1.165, 1.54) is 6.07 Å². The van der Waals surface area contributed by atoms with Gasteiger partial charge in [0, 0.05) is 22.9 Å². The van der Waals surface area contributed by atoms with Crippen LogP contribution < -0.4 is 5.32 Å². The number of anilines is 1. The van der Waals surface area contributed by atoms with Gasteiger partial charge in [0.15, 0.2) is 11.6 Å². The van der Waals surface area contributed by atoms with Crippen LogP contribution >= 0.6 is 0 Å². The minimum Gasteiger partial charge on any atom is -0.507 e. The molecule has 0 saturated heterocycles. The molecule has 4 nitrogen and oxygen atoms in total. The molecule has 1 aliphatic carbocycles. The van der Waals surface area contributed by atoms with Crippen molar-refractivity contribution in [3.63, 3.8) is 0 Å². The molecule has 2 aromatic carbocycles. The van der Waals surface area contributed by atoms with Crippen LogP contribution in [-0.2, 0) is 0 Å². The zero-order valence-corrected chi connectivity index (χ0v) is 11.8. The normalized spacial score (nSPS) is 13.1. The molecule has 2 N–H and O–H groups in total. The van der Waals surface area contributed by atoms with Gasteiger partial charge in [-0.2, -0.15) is 0 Å². The summed E-state index contributed by atoms with van der Waals surface area (Å²) < 4.78 is 0. The summed E-state index contributed by atoms with van der Waals surface area (Å²) in [5, 5.41) is 13.1. The molecule has 4 heteroatoms. The van der Waals surface area contributed by atoms with Gasteiger partial charge >= 0.3 is 0 Å². The molecule has 0 aromatic heterocycles. The Hall–Kier alpha value is -2.62. The van der Waals surface area contributed by atoms with Gasteiger partial charge in [-0.05, 0) is 26.0 Å². The minimum absolute atomic E-state index is 0.0942. The highest BCUT2D eigenvalue weighted by Crippen LogP contribution is 2.35. The van der Waals surface area contributed by atoms with E-state index in [4.69, 9.17) is 0 Å². The van der Waals surface area contributed by atoms with Crippen LogP contribution in [0.25, 0.3) is 0 Å². The molecule has 0 spiro atoms. The number of phenols is 1. The summed E-state index contributed by atoms with van der Waals surface area (Å²) in [5.41, 5.74) is 1.71. The Morgan fingerprint density at radius 2 is 1.48 bits per heavy atom. The molecular formula is C17H15NO3. The second-order valence-corrected chi connectivity index (χ2v) is 5.39. The monoisotopic (exact) mass is 281 g/mol. The Labute approximate surface area is 122 Å². The number of rotatable bonds is 2. The predicted octanol–water partition coefficient (Wildman–Crippen LogP) is 2.99. The molecule has 21 heavy (non-hydrogen) atoms. The smallest absolute Gasteiger partial charge is 0.198 e. The van der Waals surface area contributed by atoms with E-state index in [1.807, 2.05) is 13.8 Å². The highest BCUT2D eigenvalue weighted by Gasteiger charge is 2.33. The van der Waals surface area contributed by atoms with Crippen molar-refractivity contribution in [2.24, 2.45) is 0 Å². The van der Waals surface area contributed by atoms with Gasteiger partial charge in [-0.25, -0.2) is 0 Å². The van der Waals surface area contributed by atoms with Crippen LogP contribution in [0.2, 0.25) is 0 Å². The van der Waals surface area contributed by atoms with Crippen molar-refractivity contribution in [2.45, 2.75) is 19.9 Å². The van der Waals surface area contributed by atoms with Crippen molar-refractivity contribution in [1.29, 1.82) is 0 Å². The Morgan fingerprint density at radius 1 is 0.905 bits per heavy atom. The maximum Gasteiger partial charge on any atom is 0.198 e. The van der Waals surface area contributed by atoms with Crippen molar-refractivity contribution >= 4 is 17.3 Å². The number of carbonyl (C=O) groups is 2. The summed E-state index contributed by atoms with van der Waals surface area (Å²) in [6.45, 7) is 3.93. The van der Waals surface area contributed by atoms with Crippen LogP contribution in [0.1, 0.15) is 45.7 Å². The summed E-state index contributed by atoms with van der Waals surface area (Å²) in [5.74, 6) is -0.705. The van der Waals surface area contributed by atoms with Gasteiger partial charge in [-0.3, -0.25) is 9.59 Å². The third-order valence-corrected chi connectivity index (χ3v) is 3.49. The van der Waals surface area contributed by atoms with E-state index < -0.39 is 0 Å². The van der Waals surface area contributed by atoms with Crippen LogP contribution in [0.5, 0.6) is 5.75 Å². The van der Waals surface area contributed by atoms with Crippen LogP contribution in [0.4, 0.5) is 5.69 Å². The quantitative estimate of drug-likeness (QED) is 0.758. The Bertz CT molecular complexity index is 763. The second kappa shape index (κ2) is 4.74. The third-order valence-electron chi connectivity index (χ3n) is 3.49. The maximum atomic E-state index is 12.7. The largest absolute Gasteiger partial charge is 0.507 e. The zero-order valence-electron chi connectivity index (χ0n) is 11.8. The molecular weight excluding hydrogens is 266 g/mol. The standard InChI is InChI=1S/C17H15NO3/c1-9(2)18-12-7-3-5-10-14(12)16(20)11-6-4-8-13(19)15(11)17(10)21/h3-9,18-19H,1-2H3. The summed E-state index contributed by atoms with van der Waals surface area (Å²) in [6, 6.07) is 9.86. The van der Waals surface area contributed by atoms with Crippen LogP contribution in [0.15, 0.2) is 36.4 Å². The molecule has 0 fully saturated rings. The van der Waals surface area contributed by atoms with Crippen LogP contribution in [-0.4, -0.2) is 22.7 Å². The van der Waals surface area contributed by atoms with Crippen molar-refractivity contribution < 1.29 is 14.7 Å². The Kier molecular flexibility index (Phi) is 3.01. The fourth-order valence-electron chi connectivity index (χ4n) is 2.65. The van der Waals surface area contributed by atoms with E-state index in [1.54, 1.807) is 30.3 Å². The number of fused-ring (bicyclic) bond motifs is 2. The van der Waals surface area contributed by atoms with Crippen molar-refractivity contribution in [3.05, 3.63) is 58.7 Å². The molecule has 0 bridgehead atoms. The number of hydrogen-bond acceptors (Lipinski definition) is 4. The van der Waals surface area contributed by atoms with Crippen LogP contribution in [0.3, 0.4) is 0 Å². The zero-order chi connectivity index (χ0) is 15.1. The lowest BCUT2D eigenvalue weighted by molar-refractivity contribution is 0.0977. The number of benzene rings is 2. The predicted molar refractivity (Wildman–Crippen MR) is 80.2 cm³/mol. The Morgan fingerprint density at radius 3 is 2.14 bits per heavy atom. The first-order valence-electron chi connectivity index (χ1n) is 6.81. The van der Waals surface area contributed by atoms with E-state index in [-0.39, 0.29) is 34.5 Å². The molecule has 0 aliphatic heterocycles. The number of ketones is 2. The number of nitrogens with one attached hydrogen (secondary N) is 1. The lowest BCUT2D eigenvalue weighted by atomic mass is 9.82. The van der Waals surface area contributed by atoms with E-state index in [2.05, 4.69) is 5.32 Å². The van der Waals surface area contributed by atoms with Crippen LogP contribution in [0, 0.1) is 0 Å². The molecule has 0 radical (unpaired) electrons. The second-order valence-electron chi connectivity index (χ2n) is 5.39. The van der Waals surface area contributed by atoms with Gasteiger partial charge in [0.05, 0.1) is 11.1 Å². The molecule has 0 heterocycles. The summed E-state index contributed by atoms with van der Waals surface area (Å²) in [7, 11) is 0. The topological polar surface area (TPSA) is 66.4 Å². The van der Waals surface area contributed by atoms with Gasteiger partial charge in [-0.1, -0.05) is 24.3 Å². The van der Waals surface area contributed by atoms with Crippen molar-refractivity contribution in [3.8, 4) is 5.75 Å². The summed E-state index contributed by atoms with van der Waals surface area (Å²) in [4.78, 5) is 25.3. The number of aromatic hydroxyl groups is 1. The Balaban J connectivity index is 2.26. The summed E-state index contributed by atoms with van der Waals surface area (Å²) in [6.07, 6.45) is 0. The number of hydrogen-bond donors (Lipinski definition) is 2. The first-order chi connectivity index (χ1) is 10.0. The molecule has 0 unspecified atom stereocenters. The molecule has 0 saturated carbocycles. The van der Waals surface area contributed by atoms with Gasteiger partial charge < -0.3 is 10.4 Å². The van der Waals surface area contributed by atoms with E-state index in [0.29, 0.717) is 16.8 Å². The van der Waals surface area contributed by atoms with E-state index in [9.17, 15) is 14.7 Å². The summed E-state index contributed by atoms with van der Waals surface area (Å²) >= 11 is 0. The van der Waals surface area contributed by atoms with Crippen molar-refractivity contribution in [1.82, 2.24) is 0 Å². The first kappa shape index (κ1) is 13.4. The molecule has 0 atom stereocenters.